The maximum atomic E-state index is 16.4. The van der Waals surface area contributed by atoms with Crippen LogP contribution in [0.2, 0.25) is 0 Å². The number of ether oxygens (including phenoxy) is 1. The van der Waals surface area contributed by atoms with E-state index >= 15 is 4.39 Å². The number of aromatic nitrogens is 3. The fourth-order valence-corrected chi connectivity index (χ4v) is 6.42. The zero-order valence-corrected chi connectivity index (χ0v) is 22.7. The highest BCUT2D eigenvalue weighted by atomic mass is 19.3. The Kier molecular flexibility index (Phi) is 7.16. The van der Waals surface area contributed by atoms with Crippen molar-refractivity contribution in [3.8, 4) is 17.3 Å². The number of nitrogen functional groups attached to an aromatic ring is 1. The zero-order chi connectivity index (χ0) is 29.8. The van der Waals surface area contributed by atoms with E-state index in [-0.39, 0.29) is 64.6 Å². The molecule has 0 bridgehead atoms. The highest BCUT2D eigenvalue weighted by molar-refractivity contribution is 6.00. The second kappa shape index (κ2) is 10.7. The molecule has 6 rings (SSSR count). The Hall–Kier alpha value is -4.00. The number of pyridine rings is 3. The second-order valence-corrected chi connectivity index (χ2v) is 10.9. The van der Waals surface area contributed by atoms with Crippen LogP contribution in [0.5, 0.6) is 5.88 Å². The molecule has 0 spiro atoms. The standard InChI is InChI=1S/C29H29F5N6O2/c1-2-16-17(31)5-4-14-8-20(35)37-26(22(14)16)27-24(34)25-23(28(41)39-27)18(36-11-19(32)33)9-21(38-25)42-13-29-6-3-7-40(29)12-15(30)10-29/h4-5,8-9,15,19H,2-3,6-7,10-13H2,1H3,(H2,35,37)(H,36,38)(H,39,41)/t15-,29+/m1/s1. The Bertz CT molecular complexity index is 1750. The molecular formula is C29H29F5N6O2. The largest absolute Gasteiger partial charge is 0.476 e. The molecule has 2 atom stereocenters. The first-order valence-corrected chi connectivity index (χ1v) is 13.8. The first-order valence-electron chi connectivity index (χ1n) is 13.8. The van der Waals surface area contributed by atoms with Gasteiger partial charge in [-0.05, 0) is 48.9 Å². The van der Waals surface area contributed by atoms with Crippen LogP contribution in [0.15, 0.2) is 29.1 Å². The van der Waals surface area contributed by atoms with Gasteiger partial charge in [-0.2, -0.15) is 0 Å². The van der Waals surface area contributed by atoms with E-state index in [0.29, 0.717) is 18.4 Å². The molecule has 2 aliphatic heterocycles. The van der Waals surface area contributed by atoms with Crippen molar-refractivity contribution < 1.29 is 26.7 Å². The highest BCUT2D eigenvalue weighted by Crippen LogP contribution is 2.41. The number of nitrogens with one attached hydrogen (secondary N) is 2. The molecule has 42 heavy (non-hydrogen) atoms. The predicted octanol–water partition coefficient (Wildman–Crippen LogP) is 5.19. The smallest absolute Gasteiger partial charge is 0.260 e. The van der Waals surface area contributed by atoms with Crippen molar-refractivity contribution in [1.82, 2.24) is 19.9 Å². The molecular weight excluding hydrogens is 559 g/mol. The van der Waals surface area contributed by atoms with Gasteiger partial charge in [0.15, 0.2) is 5.82 Å². The summed E-state index contributed by atoms with van der Waals surface area (Å²) in [6, 6.07) is 5.53. The summed E-state index contributed by atoms with van der Waals surface area (Å²) in [5.41, 5.74) is 3.83. The molecule has 0 unspecified atom stereocenters. The number of fused-ring (bicyclic) bond motifs is 3. The van der Waals surface area contributed by atoms with Crippen molar-refractivity contribution in [2.24, 2.45) is 0 Å². The fraction of sp³-hybridized carbons (Fsp3) is 0.414. The van der Waals surface area contributed by atoms with Crippen LogP contribution < -0.4 is 21.3 Å². The van der Waals surface area contributed by atoms with Crippen molar-refractivity contribution in [3.05, 3.63) is 51.8 Å². The Morgan fingerprint density at radius 3 is 2.81 bits per heavy atom. The van der Waals surface area contributed by atoms with Crippen molar-refractivity contribution in [1.29, 1.82) is 0 Å². The van der Waals surface area contributed by atoms with Gasteiger partial charge in [0.05, 0.1) is 23.2 Å². The number of hydrogen-bond donors (Lipinski definition) is 3. The van der Waals surface area contributed by atoms with E-state index in [4.69, 9.17) is 10.5 Å². The van der Waals surface area contributed by atoms with Gasteiger partial charge in [-0.25, -0.2) is 31.9 Å². The summed E-state index contributed by atoms with van der Waals surface area (Å²) in [7, 11) is 0. The fourth-order valence-electron chi connectivity index (χ4n) is 6.42. The van der Waals surface area contributed by atoms with Crippen molar-refractivity contribution in [2.45, 2.75) is 50.7 Å². The third kappa shape index (κ3) is 4.79. The topological polar surface area (TPSA) is 109 Å². The average Bonchev–Trinajstić information content (AvgIpc) is 3.47. The average molecular weight is 589 g/mol. The van der Waals surface area contributed by atoms with Gasteiger partial charge in [0.2, 0.25) is 5.88 Å². The Balaban J connectivity index is 1.52. The number of anilines is 2. The molecule has 2 saturated heterocycles. The lowest BCUT2D eigenvalue weighted by Gasteiger charge is -2.31. The van der Waals surface area contributed by atoms with Crippen molar-refractivity contribution >= 4 is 33.2 Å². The molecule has 2 aliphatic rings. The maximum Gasteiger partial charge on any atom is 0.260 e. The molecule has 0 aliphatic carbocycles. The van der Waals surface area contributed by atoms with Crippen LogP contribution in [-0.4, -0.2) is 64.2 Å². The van der Waals surface area contributed by atoms with Crippen molar-refractivity contribution in [3.63, 3.8) is 0 Å². The quantitative estimate of drug-likeness (QED) is 0.243. The Labute approximate surface area is 237 Å². The molecule has 4 N–H and O–H groups in total. The second-order valence-electron chi connectivity index (χ2n) is 10.9. The molecule has 5 heterocycles. The summed E-state index contributed by atoms with van der Waals surface area (Å²) in [5.74, 6) is -1.66. The molecule has 0 saturated carbocycles. The minimum atomic E-state index is -2.77. The lowest BCUT2D eigenvalue weighted by atomic mass is 9.95. The van der Waals surface area contributed by atoms with Gasteiger partial charge in [-0.1, -0.05) is 13.0 Å². The summed E-state index contributed by atoms with van der Waals surface area (Å²) in [4.78, 5) is 26.4. The van der Waals surface area contributed by atoms with E-state index in [1.165, 1.54) is 24.3 Å². The van der Waals surface area contributed by atoms with Crippen LogP contribution in [0.4, 0.5) is 33.5 Å². The van der Waals surface area contributed by atoms with E-state index < -0.39 is 47.4 Å². The summed E-state index contributed by atoms with van der Waals surface area (Å²) in [6.45, 7) is 1.99. The molecule has 8 nitrogen and oxygen atoms in total. The van der Waals surface area contributed by atoms with Crippen LogP contribution in [0.3, 0.4) is 0 Å². The number of halogens is 5. The van der Waals surface area contributed by atoms with E-state index in [1.54, 1.807) is 6.92 Å². The van der Waals surface area contributed by atoms with E-state index in [1.807, 2.05) is 4.90 Å². The van der Waals surface area contributed by atoms with Crippen LogP contribution >= 0.6 is 0 Å². The van der Waals surface area contributed by atoms with Gasteiger partial charge < -0.3 is 20.8 Å². The Morgan fingerprint density at radius 1 is 1.24 bits per heavy atom. The van der Waals surface area contributed by atoms with Gasteiger partial charge in [0, 0.05) is 24.4 Å². The number of alkyl halides is 3. The highest BCUT2D eigenvalue weighted by Gasteiger charge is 2.49. The number of benzene rings is 1. The lowest BCUT2D eigenvalue weighted by molar-refractivity contribution is 0.111. The number of aryl methyl sites for hydroxylation is 1. The third-order valence-electron chi connectivity index (χ3n) is 8.24. The molecule has 1 aromatic carbocycles. The van der Waals surface area contributed by atoms with Crippen LogP contribution in [0, 0.1) is 11.6 Å². The Morgan fingerprint density at radius 2 is 2.05 bits per heavy atom. The summed E-state index contributed by atoms with van der Waals surface area (Å²) < 4.78 is 77.7. The predicted molar refractivity (Wildman–Crippen MR) is 150 cm³/mol. The molecule has 2 fully saturated rings. The number of hydrogen-bond acceptors (Lipinski definition) is 7. The summed E-state index contributed by atoms with van der Waals surface area (Å²) >= 11 is 0. The van der Waals surface area contributed by atoms with Gasteiger partial charge in [-0.3, -0.25) is 9.69 Å². The third-order valence-corrected chi connectivity index (χ3v) is 8.24. The van der Waals surface area contributed by atoms with Crippen LogP contribution in [-0.2, 0) is 6.42 Å². The van der Waals surface area contributed by atoms with E-state index in [9.17, 15) is 22.4 Å². The lowest BCUT2D eigenvalue weighted by Crippen LogP contribution is -2.43. The normalized spacial score (nSPS) is 20.6. The van der Waals surface area contributed by atoms with E-state index in [0.717, 1.165) is 13.0 Å². The first kappa shape index (κ1) is 28.1. The van der Waals surface area contributed by atoms with Gasteiger partial charge in [0.25, 0.3) is 12.0 Å². The monoisotopic (exact) mass is 588 g/mol. The molecule has 0 amide bonds. The van der Waals surface area contributed by atoms with Gasteiger partial charge >= 0.3 is 0 Å². The first-order chi connectivity index (χ1) is 20.1. The van der Waals surface area contributed by atoms with Crippen molar-refractivity contribution in [2.75, 3.05) is 37.3 Å². The zero-order valence-electron chi connectivity index (χ0n) is 22.7. The number of rotatable bonds is 8. The number of H-pyrrole nitrogens is 1. The SMILES string of the molecule is CCc1c(F)ccc2cc(N)nc(-c3[nH]c(=O)c4c(NCC(F)F)cc(OC[C@@]56CCCN5C[C@H](F)C6)nc4c3F)c12. The minimum absolute atomic E-state index is 0.0129. The van der Waals surface area contributed by atoms with Crippen LogP contribution in [0.25, 0.3) is 33.1 Å². The summed E-state index contributed by atoms with van der Waals surface area (Å²) in [6.07, 6.45) is -1.66. The number of nitrogens with two attached hydrogens (primary N) is 1. The summed E-state index contributed by atoms with van der Waals surface area (Å²) in [5, 5.41) is 2.94. The molecule has 3 aromatic heterocycles. The molecule has 13 heteroatoms. The van der Waals surface area contributed by atoms with E-state index in [2.05, 4.69) is 20.3 Å². The van der Waals surface area contributed by atoms with Gasteiger partial charge in [0.1, 0.15) is 41.3 Å². The number of nitrogens with zero attached hydrogens (tertiary/aromatic N) is 3. The minimum Gasteiger partial charge on any atom is -0.476 e. The molecule has 222 valence electrons. The maximum absolute atomic E-state index is 16.4. The van der Waals surface area contributed by atoms with Crippen LogP contribution in [0.1, 0.15) is 31.7 Å². The molecule has 0 radical (unpaired) electrons. The molecule has 4 aromatic rings. The number of aromatic amines is 1. The van der Waals surface area contributed by atoms with Gasteiger partial charge in [-0.15, -0.1) is 0 Å².